The number of benzene rings is 1. The third-order valence-electron chi connectivity index (χ3n) is 3.41. The van der Waals surface area contributed by atoms with Crippen LogP contribution in [0.15, 0.2) is 12.1 Å². The molecule has 0 saturated carbocycles. The normalized spacial score (nSPS) is 18.8. The second kappa shape index (κ2) is 4.82. The molecule has 0 radical (unpaired) electrons. The van der Waals surface area contributed by atoms with Crippen molar-refractivity contribution in [2.24, 2.45) is 0 Å². The number of hydrogen-bond acceptors (Lipinski definition) is 3. The number of aromatic nitrogens is 2. The molecule has 106 valence electrons. The van der Waals surface area contributed by atoms with Gasteiger partial charge in [-0.05, 0) is 6.42 Å². The molecule has 0 amide bonds. The average Bonchev–Trinajstić information content (AvgIpc) is 2.99. The van der Waals surface area contributed by atoms with Gasteiger partial charge < -0.3 is 14.4 Å². The zero-order valence-electron chi connectivity index (χ0n) is 10.5. The fourth-order valence-electron chi connectivity index (χ4n) is 2.49. The molecule has 1 aliphatic heterocycles. The van der Waals surface area contributed by atoms with E-state index in [2.05, 4.69) is 4.98 Å². The van der Waals surface area contributed by atoms with Crippen LogP contribution in [0.25, 0.3) is 11.0 Å². The summed E-state index contributed by atoms with van der Waals surface area (Å²) in [7, 11) is 0. The van der Waals surface area contributed by atoms with Gasteiger partial charge in [0, 0.05) is 24.7 Å². The Labute approximate surface area is 112 Å². The molecule has 20 heavy (non-hydrogen) atoms. The van der Waals surface area contributed by atoms with Crippen molar-refractivity contribution in [1.82, 2.24) is 9.55 Å². The van der Waals surface area contributed by atoms with Gasteiger partial charge in [0.25, 0.3) is 0 Å². The highest BCUT2D eigenvalue weighted by Gasteiger charge is 2.26. The lowest BCUT2D eigenvalue weighted by Crippen LogP contribution is -2.15. The maximum atomic E-state index is 13.4. The molecule has 2 aromatic rings. The number of hydrogen-bond donors (Lipinski definition) is 1. The van der Waals surface area contributed by atoms with Crippen molar-refractivity contribution in [1.29, 1.82) is 0 Å². The van der Waals surface area contributed by atoms with Gasteiger partial charge in [-0.3, -0.25) is 4.79 Å². The fraction of sp³-hybridized carbons (Fsp3) is 0.385. The highest BCUT2D eigenvalue weighted by atomic mass is 19.2. The third-order valence-corrected chi connectivity index (χ3v) is 3.41. The van der Waals surface area contributed by atoms with Crippen molar-refractivity contribution in [3.63, 3.8) is 0 Å². The highest BCUT2D eigenvalue weighted by molar-refractivity contribution is 5.78. The molecule has 7 heteroatoms. The number of rotatable bonds is 3. The first-order chi connectivity index (χ1) is 9.56. The molecule has 1 unspecified atom stereocenters. The molecule has 1 saturated heterocycles. The van der Waals surface area contributed by atoms with Crippen LogP contribution < -0.4 is 0 Å². The number of halogens is 2. The Bertz CT molecular complexity index is 678. The van der Waals surface area contributed by atoms with Gasteiger partial charge in [0.1, 0.15) is 12.4 Å². The minimum atomic E-state index is -1.06. The van der Waals surface area contributed by atoms with Crippen LogP contribution in [0.1, 0.15) is 18.2 Å². The molecule has 1 N–H and O–H groups in total. The largest absolute Gasteiger partial charge is 0.480 e. The second-order valence-corrected chi connectivity index (χ2v) is 4.77. The van der Waals surface area contributed by atoms with Crippen molar-refractivity contribution in [2.75, 3.05) is 13.2 Å². The van der Waals surface area contributed by atoms with Gasteiger partial charge in [-0.15, -0.1) is 0 Å². The van der Waals surface area contributed by atoms with E-state index in [0.717, 1.165) is 12.1 Å². The zero-order valence-corrected chi connectivity index (χ0v) is 10.5. The first-order valence-corrected chi connectivity index (χ1v) is 6.21. The maximum Gasteiger partial charge on any atom is 0.323 e. The van der Waals surface area contributed by atoms with Crippen molar-refractivity contribution in [2.45, 2.75) is 18.9 Å². The molecular formula is C13H12F2N2O3. The summed E-state index contributed by atoms with van der Waals surface area (Å²) >= 11 is 0. The molecule has 2 heterocycles. The van der Waals surface area contributed by atoms with Gasteiger partial charge >= 0.3 is 5.97 Å². The summed E-state index contributed by atoms with van der Waals surface area (Å²) in [6, 6.07) is 1.97. The van der Waals surface area contributed by atoms with E-state index in [1.165, 1.54) is 4.57 Å². The number of nitrogens with zero attached hydrogens (tertiary/aromatic N) is 2. The van der Waals surface area contributed by atoms with Crippen molar-refractivity contribution in [3.8, 4) is 0 Å². The minimum absolute atomic E-state index is 0.0483. The van der Waals surface area contributed by atoms with E-state index in [1.54, 1.807) is 0 Å². The van der Waals surface area contributed by atoms with Crippen LogP contribution in [0.4, 0.5) is 8.78 Å². The molecule has 1 fully saturated rings. The molecule has 1 aromatic carbocycles. The smallest absolute Gasteiger partial charge is 0.323 e. The standard InChI is InChI=1S/C13H12F2N2O3/c14-8-3-10-11(4-9(8)15)17(5-12(18)19)13(16-10)7-1-2-20-6-7/h3-4,7H,1-2,5-6H2,(H,18,19). The molecule has 3 rings (SSSR count). The lowest BCUT2D eigenvalue weighted by molar-refractivity contribution is -0.137. The Kier molecular flexibility index (Phi) is 3.13. The summed E-state index contributed by atoms with van der Waals surface area (Å²) in [5, 5.41) is 8.99. The number of ether oxygens (including phenoxy) is 1. The Balaban J connectivity index is 2.18. The van der Waals surface area contributed by atoms with Gasteiger partial charge in [-0.1, -0.05) is 0 Å². The summed E-state index contributed by atoms with van der Waals surface area (Å²) in [5.74, 6) is -2.61. The molecule has 1 atom stereocenters. The number of carboxylic acid groups (broad SMARTS) is 1. The summed E-state index contributed by atoms with van der Waals surface area (Å²) in [5.41, 5.74) is 0.542. The maximum absolute atomic E-state index is 13.4. The first-order valence-electron chi connectivity index (χ1n) is 6.21. The molecule has 0 spiro atoms. The Morgan fingerprint density at radius 2 is 2.20 bits per heavy atom. The van der Waals surface area contributed by atoms with E-state index in [4.69, 9.17) is 9.84 Å². The van der Waals surface area contributed by atoms with Crippen LogP contribution in [0.5, 0.6) is 0 Å². The SMILES string of the molecule is O=C(O)Cn1c(C2CCOC2)nc2cc(F)c(F)cc21. The first kappa shape index (κ1) is 13.0. The van der Waals surface area contributed by atoms with Gasteiger partial charge in [-0.25, -0.2) is 13.8 Å². The van der Waals surface area contributed by atoms with E-state index in [9.17, 15) is 13.6 Å². The monoisotopic (exact) mass is 282 g/mol. The lowest BCUT2D eigenvalue weighted by Gasteiger charge is -2.10. The van der Waals surface area contributed by atoms with Crippen LogP contribution >= 0.6 is 0 Å². The zero-order chi connectivity index (χ0) is 14.3. The van der Waals surface area contributed by atoms with E-state index >= 15 is 0 Å². The summed E-state index contributed by atoms with van der Waals surface area (Å²) in [6.45, 7) is 0.672. The molecule has 5 nitrogen and oxygen atoms in total. The molecular weight excluding hydrogens is 270 g/mol. The Hall–Kier alpha value is -2.02. The lowest BCUT2D eigenvalue weighted by atomic mass is 10.1. The van der Waals surface area contributed by atoms with Crippen LogP contribution in [-0.2, 0) is 16.1 Å². The number of fused-ring (bicyclic) bond motifs is 1. The van der Waals surface area contributed by atoms with E-state index < -0.39 is 17.6 Å². The van der Waals surface area contributed by atoms with Crippen LogP contribution in [0.3, 0.4) is 0 Å². The van der Waals surface area contributed by atoms with Gasteiger partial charge in [0.2, 0.25) is 0 Å². The predicted molar refractivity (Wildman–Crippen MR) is 65.5 cm³/mol. The molecule has 0 bridgehead atoms. The van der Waals surface area contributed by atoms with E-state index in [1.807, 2.05) is 0 Å². The van der Waals surface area contributed by atoms with Crippen molar-refractivity contribution >= 4 is 17.0 Å². The van der Waals surface area contributed by atoms with Crippen LogP contribution in [0.2, 0.25) is 0 Å². The fourth-order valence-corrected chi connectivity index (χ4v) is 2.49. The Morgan fingerprint density at radius 3 is 2.85 bits per heavy atom. The summed E-state index contributed by atoms with van der Waals surface area (Å²) in [6.07, 6.45) is 0.716. The second-order valence-electron chi connectivity index (χ2n) is 4.77. The molecule has 0 aliphatic carbocycles. The Morgan fingerprint density at radius 1 is 1.45 bits per heavy atom. The number of carboxylic acids is 1. The molecule has 1 aromatic heterocycles. The third kappa shape index (κ3) is 2.14. The van der Waals surface area contributed by atoms with E-state index in [0.29, 0.717) is 25.5 Å². The van der Waals surface area contributed by atoms with Crippen LogP contribution in [0, 0.1) is 11.6 Å². The predicted octanol–water partition coefficient (Wildman–Crippen LogP) is 1.90. The number of imidazole rings is 1. The van der Waals surface area contributed by atoms with E-state index in [-0.39, 0.29) is 23.5 Å². The van der Waals surface area contributed by atoms with Gasteiger partial charge in [-0.2, -0.15) is 0 Å². The van der Waals surface area contributed by atoms with Crippen LogP contribution in [-0.4, -0.2) is 33.8 Å². The van der Waals surface area contributed by atoms with Gasteiger partial charge in [0.05, 0.1) is 17.6 Å². The average molecular weight is 282 g/mol. The van der Waals surface area contributed by atoms with Gasteiger partial charge in [0.15, 0.2) is 11.6 Å². The van der Waals surface area contributed by atoms with Crippen molar-refractivity contribution < 1.29 is 23.4 Å². The summed E-state index contributed by atoms with van der Waals surface area (Å²) in [4.78, 5) is 15.2. The summed E-state index contributed by atoms with van der Waals surface area (Å²) < 4.78 is 33.3. The quantitative estimate of drug-likeness (QED) is 0.934. The molecule has 1 aliphatic rings. The topological polar surface area (TPSA) is 64.3 Å². The van der Waals surface area contributed by atoms with Crippen molar-refractivity contribution in [3.05, 3.63) is 29.6 Å². The minimum Gasteiger partial charge on any atom is -0.480 e. The number of carbonyl (C=O) groups is 1. The highest BCUT2D eigenvalue weighted by Crippen LogP contribution is 2.29. The number of aliphatic carboxylic acids is 1.